The van der Waals surface area contributed by atoms with Crippen molar-refractivity contribution in [3.63, 3.8) is 0 Å². The molecule has 2 rings (SSSR count). The molecule has 196 valence electrons. The first-order valence-electron chi connectivity index (χ1n) is 11.8. The number of aryl methyl sites for hydroxylation is 2. The van der Waals surface area contributed by atoms with Crippen LogP contribution in [0.1, 0.15) is 67.7 Å². The van der Waals surface area contributed by atoms with E-state index in [4.69, 9.17) is 14.2 Å². The van der Waals surface area contributed by atoms with E-state index in [1.807, 2.05) is 46.8 Å². The lowest BCUT2D eigenvalue weighted by Crippen LogP contribution is -2.51. The van der Waals surface area contributed by atoms with Crippen LogP contribution in [0.4, 0.5) is 0 Å². The van der Waals surface area contributed by atoms with Gasteiger partial charge >= 0.3 is 11.9 Å². The molecule has 1 N–H and O–H groups in total. The summed E-state index contributed by atoms with van der Waals surface area (Å²) in [6, 6.07) is 5.96. The zero-order chi connectivity index (χ0) is 27.2. The van der Waals surface area contributed by atoms with E-state index in [0.717, 1.165) is 16.7 Å². The van der Waals surface area contributed by atoms with Gasteiger partial charge in [0.05, 0.1) is 7.11 Å². The molecular formula is C27H36N2O7. The van der Waals surface area contributed by atoms with Crippen molar-refractivity contribution in [1.29, 1.82) is 0 Å². The number of aliphatic carboxylic acids is 1. The molecule has 3 atom stereocenters. The molecule has 1 aromatic carbocycles. The summed E-state index contributed by atoms with van der Waals surface area (Å²) in [6.45, 7) is 12.2. The molecule has 0 fully saturated rings. The molecule has 0 aliphatic rings. The van der Waals surface area contributed by atoms with Gasteiger partial charge in [0.2, 0.25) is 6.79 Å². The number of carboxylic acids is 1. The van der Waals surface area contributed by atoms with Crippen LogP contribution >= 0.6 is 0 Å². The van der Waals surface area contributed by atoms with Gasteiger partial charge in [-0.05, 0) is 44.7 Å². The van der Waals surface area contributed by atoms with E-state index < -0.39 is 36.7 Å². The second-order valence-corrected chi connectivity index (χ2v) is 9.19. The van der Waals surface area contributed by atoms with Crippen molar-refractivity contribution in [3.8, 4) is 11.5 Å². The number of hydrogen-bond acceptors (Lipinski definition) is 7. The van der Waals surface area contributed by atoms with Gasteiger partial charge in [0.15, 0.2) is 17.2 Å². The van der Waals surface area contributed by atoms with Crippen molar-refractivity contribution in [2.45, 2.75) is 66.5 Å². The zero-order valence-corrected chi connectivity index (χ0v) is 22.2. The van der Waals surface area contributed by atoms with Gasteiger partial charge in [-0.2, -0.15) is 0 Å². The third-order valence-corrected chi connectivity index (χ3v) is 6.23. The second-order valence-electron chi connectivity index (χ2n) is 9.19. The normalized spacial score (nSPS) is 13.5. The number of ether oxygens (including phenoxy) is 3. The lowest BCUT2D eigenvalue weighted by Gasteiger charge is -2.39. The Balaban J connectivity index is 2.61. The zero-order valence-electron chi connectivity index (χ0n) is 22.2. The van der Waals surface area contributed by atoms with E-state index in [1.165, 1.54) is 38.1 Å². The Labute approximate surface area is 212 Å². The Morgan fingerprint density at radius 2 is 1.75 bits per heavy atom. The third kappa shape index (κ3) is 6.53. The van der Waals surface area contributed by atoms with Crippen molar-refractivity contribution in [2.75, 3.05) is 13.9 Å². The number of esters is 1. The number of methoxy groups -OCH3 is 1. The van der Waals surface area contributed by atoms with Crippen LogP contribution in [0.5, 0.6) is 11.5 Å². The summed E-state index contributed by atoms with van der Waals surface area (Å²) in [7, 11) is 1.40. The Morgan fingerprint density at radius 1 is 1.08 bits per heavy atom. The molecule has 0 aliphatic heterocycles. The number of carbonyl (C=O) groups excluding carboxylic acids is 2. The second kappa shape index (κ2) is 12.4. The highest BCUT2D eigenvalue weighted by atomic mass is 16.7. The lowest BCUT2D eigenvalue weighted by molar-refractivity contribution is -0.147. The number of benzene rings is 1. The van der Waals surface area contributed by atoms with Gasteiger partial charge in [0, 0.05) is 31.1 Å². The van der Waals surface area contributed by atoms with Gasteiger partial charge in [-0.15, -0.1) is 0 Å². The summed E-state index contributed by atoms with van der Waals surface area (Å²) in [5.41, 5.74) is 3.10. The summed E-state index contributed by atoms with van der Waals surface area (Å²) in [5.74, 6) is -2.25. The molecular weight excluding hydrogens is 464 g/mol. The summed E-state index contributed by atoms with van der Waals surface area (Å²) < 4.78 is 15.8. The van der Waals surface area contributed by atoms with Crippen LogP contribution in [0, 0.1) is 19.8 Å². The average molecular weight is 501 g/mol. The number of aromatic nitrogens is 1. The predicted molar refractivity (Wildman–Crippen MR) is 134 cm³/mol. The van der Waals surface area contributed by atoms with Gasteiger partial charge in [0.25, 0.3) is 5.91 Å². The molecule has 0 saturated carbocycles. The van der Waals surface area contributed by atoms with Crippen LogP contribution in [0.3, 0.4) is 0 Å². The highest BCUT2D eigenvalue weighted by Crippen LogP contribution is 2.37. The summed E-state index contributed by atoms with van der Waals surface area (Å²) in [5, 5.41) is 9.92. The van der Waals surface area contributed by atoms with Crippen LogP contribution in [0.15, 0.2) is 30.5 Å². The molecule has 1 amide bonds. The van der Waals surface area contributed by atoms with Crippen molar-refractivity contribution in [3.05, 3.63) is 52.8 Å². The minimum Gasteiger partial charge on any atom is -0.493 e. The third-order valence-electron chi connectivity index (χ3n) is 6.23. The van der Waals surface area contributed by atoms with E-state index in [1.54, 1.807) is 0 Å². The van der Waals surface area contributed by atoms with E-state index in [0.29, 0.717) is 0 Å². The molecule has 9 nitrogen and oxygen atoms in total. The molecule has 0 saturated heterocycles. The van der Waals surface area contributed by atoms with E-state index in [2.05, 4.69) is 11.1 Å². The molecule has 1 heterocycles. The Hall–Kier alpha value is -3.62. The van der Waals surface area contributed by atoms with E-state index >= 15 is 0 Å². The van der Waals surface area contributed by atoms with Crippen molar-refractivity contribution in [2.24, 2.45) is 5.92 Å². The Kier molecular flexibility index (Phi) is 9.84. The van der Waals surface area contributed by atoms with E-state index in [9.17, 15) is 19.5 Å². The fourth-order valence-corrected chi connectivity index (χ4v) is 4.56. The summed E-state index contributed by atoms with van der Waals surface area (Å²) in [6.07, 6.45) is 1.38. The maximum atomic E-state index is 14.0. The minimum absolute atomic E-state index is 0.0337. The first kappa shape index (κ1) is 28.6. The van der Waals surface area contributed by atoms with Crippen LogP contribution < -0.4 is 9.47 Å². The number of carboxylic acid groups (broad SMARTS) is 1. The maximum Gasteiger partial charge on any atom is 0.326 e. The molecule has 1 unspecified atom stereocenters. The Morgan fingerprint density at radius 3 is 2.28 bits per heavy atom. The number of pyridine rings is 1. The van der Waals surface area contributed by atoms with Crippen molar-refractivity contribution >= 4 is 17.8 Å². The largest absolute Gasteiger partial charge is 0.493 e. The maximum absolute atomic E-state index is 14.0. The smallest absolute Gasteiger partial charge is 0.326 e. The topological polar surface area (TPSA) is 115 Å². The van der Waals surface area contributed by atoms with E-state index in [-0.39, 0.29) is 29.0 Å². The van der Waals surface area contributed by atoms with Crippen LogP contribution in [0.2, 0.25) is 0 Å². The standard InChI is InChI=1S/C27H36N2O7/c1-15(2)23(21-10-9-16(3)13-17(21)4)18(5)29(19(6)27(32)33)26(31)24-25(36-14-35-20(7)30)22(34-8)11-12-28-24/h9-13,15,18-19,23H,14H2,1-8H3,(H,32,33)/t18?,19-,23+/m0/s1. The molecule has 0 radical (unpaired) electrons. The summed E-state index contributed by atoms with van der Waals surface area (Å²) >= 11 is 0. The van der Waals surface area contributed by atoms with Gasteiger partial charge in [-0.1, -0.05) is 37.6 Å². The van der Waals surface area contributed by atoms with Crippen LogP contribution in [0.25, 0.3) is 0 Å². The average Bonchev–Trinajstić information content (AvgIpc) is 2.80. The predicted octanol–water partition coefficient (Wildman–Crippen LogP) is 4.35. The highest BCUT2D eigenvalue weighted by Gasteiger charge is 2.39. The van der Waals surface area contributed by atoms with Gasteiger partial charge in [-0.3, -0.25) is 9.59 Å². The number of carbonyl (C=O) groups is 3. The number of nitrogens with zero attached hydrogens (tertiary/aromatic N) is 2. The minimum atomic E-state index is -1.16. The first-order chi connectivity index (χ1) is 16.9. The monoisotopic (exact) mass is 500 g/mol. The molecule has 2 aromatic rings. The van der Waals surface area contributed by atoms with Gasteiger partial charge < -0.3 is 24.2 Å². The quantitative estimate of drug-likeness (QED) is 0.358. The lowest BCUT2D eigenvalue weighted by atomic mass is 9.79. The van der Waals surface area contributed by atoms with Crippen molar-refractivity contribution < 1.29 is 33.7 Å². The number of rotatable bonds is 11. The van der Waals surface area contributed by atoms with Gasteiger partial charge in [0.1, 0.15) is 6.04 Å². The fraction of sp³-hybridized carbons (Fsp3) is 0.481. The first-order valence-corrected chi connectivity index (χ1v) is 11.8. The molecule has 9 heteroatoms. The molecule has 36 heavy (non-hydrogen) atoms. The molecule has 0 aliphatic carbocycles. The number of amides is 1. The fourth-order valence-electron chi connectivity index (χ4n) is 4.56. The van der Waals surface area contributed by atoms with Crippen LogP contribution in [-0.2, 0) is 14.3 Å². The molecule has 1 aromatic heterocycles. The molecule has 0 spiro atoms. The van der Waals surface area contributed by atoms with Crippen LogP contribution in [-0.4, -0.2) is 58.8 Å². The SMILES string of the molecule is COc1ccnc(C(=O)N(C(C)[C@H](c2ccc(C)cc2C)C(C)C)[C@@H](C)C(=O)O)c1OCOC(C)=O. The summed E-state index contributed by atoms with van der Waals surface area (Å²) in [4.78, 5) is 42.9. The number of hydrogen-bond donors (Lipinski definition) is 1. The highest BCUT2D eigenvalue weighted by molar-refractivity contribution is 5.98. The van der Waals surface area contributed by atoms with Crippen molar-refractivity contribution in [1.82, 2.24) is 9.88 Å². The molecule has 0 bridgehead atoms. The Bertz CT molecular complexity index is 1100. The van der Waals surface area contributed by atoms with Gasteiger partial charge in [-0.25, -0.2) is 9.78 Å².